The molecule has 1 N–H and O–H groups in total. The summed E-state index contributed by atoms with van der Waals surface area (Å²) >= 11 is 1.66. The summed E-state index contributed by atoms with van der Waals surface area (Å²) in [6.45, 7) is 0.796. The predicted molar refractivity (Wildman–Crippen MR) is 96.3 cm³/mol. The van der Waals surface area contributed by atoms with Crippen LogP contribution in [0.3, 0.4) is 0 Å². The van der Waals surface area contributed by atoms with Crippen LogP contribution in [-0.2, 0) is 5.75 Å². The molecule has 1 fully saturated rings. The maximum atomic E-state index is 12.4. The highest BCUT2D eigenvalue weighted by Gasteiger charge is 2.22. The van der Waals surface area contributed by atoms with Crippen LogP contribution in [0.4, 0.5) is 0 Å². The Kier molecular flexibility index (Phi) is 4.26. The molecule has 3 aromatic rings. The fourth-order valence-corrected chi connectivity index (χ4v) is 3.58. The minimum Gasteiger partial charge on any atom is -0.352 e. The van der Waals surface area contributed by atoms with Crippen LogP contribution in [0, 0.1) is 5.92 Å². The second-order valence-corrected chi connectivity index (χ2v) is 7.15. The number of hydrogen-bond acceptors (Lipinski definition) is 3. The Labute approximate surface area is 145 Å². The van der Waals surface area contributed by atoms with E-state index in [-0.39, 0.29) is 5.91 Å². The summed E-state index contributed by atoms with van der Waals surface area (Å²) in [6.07, 6.45) is 6.52. The molecule has 0 bridgehead atoms. The Bertz CT molecular complexity index is 837. The van der Waals surface area contributed by atoms with E-state index in [0.717, 1.165) is 34.1 Å². The Morgan fingerprint density at radius 2 is 2.04 bits per heavy atom. The van der Waals surface area contributed by atoms with Crippen molar-refractivity contribution in [3.63, 3.8) is 0 Å². The predicted octanol–water partition coefficient (Wildman–Crippen LogP) is 3.77. The molecule has 0 radical (unpaired) electrons. The van der Waals surface area contributed by atoms with Gasteiger partial charge in [-0.05, 0) is 43.0 Å². The van der Waals surface area contributed by atoms with Gasteiger partial charge < -0.3 is 9.72 Å². The van der Waals surface area contributed by atoms with E-state index in [1.54, 1.807) is 11.8 Å². The number of benzene rings is 1. The summed E-state index contributed by atoms with van der Waals surface area (Å²) < 4.78 is 2.02. The van der Waals surface area contributed by atoms with Crippen molar-refractivity contribution in [1.29, 1.82) is 0 Å². The highest BCUT2D eigenvalue weighted by molar-refractivity contribution is 7.98. The van der Waals surface area contributed by atoms with Crippen LogP contribution < -0.4 is 5.32 Å². The van der Waals surface area contributed by atoms with Crippen molar-refractivity contribution in [1.82, 2.24) is 14.7 Å². The molecule has 24 heavy (non-hydrogen) atoms. The lowest BCUT2D eigenvalue weighted by Crippen LogP contribution is -2.25. The summed E-state index contributed by atoms with van der Waals surface area (Å²) in [6, 6.07) is 13.8. The zero-order valence-corrected chi connectivity index (χ0v) is 14.1. The molecule has 0 spiro atoms. The van der Waals surface area contributed by atoms with Crippen LogP contribution >= 0.6 is 11.8 Å². The maximum Gasteiger partial charge on any atom is 0.252 e. The number of fused-ring (bicyclic) bond motifs is 1. The monoisotopic (exact) mass is 337 g/mol. The number of aromatic nitrogens is 2. The van der Waals surface area contributed by atoms with Gasteiger partial charge in [0.05, 0.1) is 11.3 Å². The van der Waals surface area contributed by atoms with Crippen LogP contribution in [0.5, 0.6) is 0 Å². The summed E-state index contributed by atoms with van der Waals surface area (Å²) in [5, 5.41) is 3.05. The van der Waals surface area contributed by atoms with Gasteiger partial charge in [-0.25, -0.2) is 4.98 Å². The molecular weight excluding hydrogens is 318 g/mol. The van der Waals surface area contributed by atoms with E-state index in [9.17, 15) is 4.79 Å². The number of imidazole rings is 1. The third kappa shape index (κ3) is 3.46. The first-order valence-electron chi connectivity index (χ1n) is 8.22. The third-order valence-corrected chi connectivity index (χ3v) is 5.28. The number of carbonyl (C=O) groups is 1. The fourth-order valence-electron chi connectivity index (χ4n) is 2.64. The van der Waals surface area contributed by atoms with E-state index >= 15 is 0 Å². The summed E-state index contributed by atoms with van der Waals surface area (Å²) in [5.74, 6) is 1.46. The van der Waals surface area contributed by atoms with Crippen molar-refractivity contribution in [3.8, 4) is 0 Å². The van der Waals surface area contributed by atoms with Crippen LogP contribution in [0.1, 0.15) is 28.9 Å². The molecule has 0 saturated heterocycles. The van der Waals surface area contributed by atoms with E-state index in [4.69, 9.17) is 0 Å². The molecule has 122 valence electrons. The minimum absolute atomic E-state index is 0.0278. The van der Waals surface area contributed by atoms with Crippen LogP contribution in [0.15, 0.2) is 59.8 Å². The highest BCUT2D eigenvalue weighted by Crippen LogP contribution is 2.29. The molecule has 1 aliphatic rings. The van der Waals surface area contributed by atoms with Crippen LogP contribution in [0.25, 0.3) is 5.65 Å². The van der Waals surface area contributed by atoms with Gasteiger partial charge in [-0.15, -0.1) is 11.8 Å². The topological polar surface area (TPSA) is 46.4 Å². The molecule has 4 rings (SSSR count). The lowest BCUT2D eigenvalue weighted by Gasteiger charge is -2.09. The summed E-state index contributed by atoms with van der Waals surface area (Å²) in [7, 11) is 0. The number of rotatable bonds is 6. The quantitative estimate of drug-likeness (QED) is 0.697. The van der Waals surface area contributed by atoms with Crippen LogP contribution in [0.2, 0.25) is 0 Å². The van der Waals surface area contributed by atoms with Gasteiger partial charge in [-0.1, -0.05) is 18.2 Å². The van der Waals surface area contributed by atoms with Crippen molar-refractivity contribution in [2.45, 2.75) is 23.5 Å². The molecule has 1 aliphatic carbocycles. The van der Waals surface area contributed by atoms with Gasteiger partial charge in [0.25, 0.3) is 5.91 Å². The number of thioether (sulfide) groups is 1. The second kappa shape index (κ2) is 6.69. The van der Waals surface area contributed by atoms with Gasteiger partial charge in [0.15, 0.2) is 0 Å². The smallest absolute Gasteiger partial charge is 0.252 e. The second-order valence-electron chi connectivity index (χ2n) is 6.14. The van der Waals surface area contributed by atoms with Crippen molar-refractivity contribution in [2.75, 3.05) is 6.54 Å². The van der Waals surface area contributed by atoms with Gasteiger partial charge in [0, 0.05) is 29.6 Å². The van der Waals surface area contributed by atoms with Crippen molar-refractivity contribution in [2.24, 2.45) is 5.92 Å². The van der Waals surface area contributed by atoms with Gasteiger partial charge in [0.1, 0.15) is 5.65 Å². The summed E-state index contributed by atoms with van der Waals surface area (Å²) in [5.41, 5.74) is 2.72. The molecular formula is C19H19N3OS. The Balaban J connectivity index is 1.46. The zero-order valence-electron chi connectivity index (χ0n) is 13.3. The lowest BCUT2D eigenvalue weighted by atomic mass is 10.2. The van der Waals surface area contributed by atoms with Gasteiger partial charge in [-0.2, -0.15) is 0 Å². The van der Waals surface area contributed by atoms with Gasteiger partial charge >= 0.3 is 0 Å². The maximum absolute atomic E-state index is 12.4. The first kappa shape index (κ1) is 15.3. The van der Waals surface area contributed by atoms with E-state index < -0.39 is 0 Å². The molecule has 0 aliphatic heterocycles. The molecule has 4 nitrogen and oxygen atoms in total. The average molecular weight is 337 g/mol. The van der Waals surface area contributed by atoms with Crippen LogP contribution in [-0.4, -0.2) is 21.8 Å². The molecule has 1 saturated carbocycles. The largest absolute Gasteiger partial charge is 0.352 e. The SMILES string of the molecule is O=C(NCC1CC1)c1ccccc1SCc1cn2ccccc2n1. The third-order valence-electron chi connectivity index (χ3n) is 4.17. The molecule has 2 aromatic heterocycles. The summed E-state index contributed by atoms with van der Waals surface area (Å²) in [4.78, 5) is 18.0. The lowest BCUT2D eigenvalue weighted by molar-refractivity contribution is 0.0949. The molecule has 1 aromatic carbocycles. The molecule has 0 unspecified atom stereocenters. The number of amides is 1. The van der Waals surface area contributed by atoms with E-state index in [2.05, 4.69) is 10.3 Å². The van der Waals surface area contributed by atoms with E-state index in [1.165, 1.54) is 12.8 Å². The fraction of sp³-hybridized carbons (Fsp3) is 0.263. The number of nitrogens with one attached hydrogen (secondary N) is 1. The van der Waals surface area contributed by atoms with E-state index in [1.807, 2.05) is 59.3 Å². The molecule has 2 heterocycles. The first-order valence-corrected chi connectivity index (χ1v) is 9.21. The standard InChI is InChI=1S/C19H19N3OS/c23-19(20-11-14-8-9-14)16-5-1-2-6-17(16)24-13-15-12-22-10-4-3-7-18(22)21-15/h1-7,10,12,14H,8-9,11,13H2,(H,20,23). The first-order chi connectivity index (χ1) is 11.8. The molecule has 5 heteroatoms. The van der Waals surface area contributed by atoms with Crippen molar-refractivity contribution in [3.05, 3.63) is 66.1 Å². The zero-order chi connectivity index (χ0) is 16.4. The van der Waals surface area contributed by atoms with Crippen molar-refractivity contribution < 1.29 is 4.79 Å². The number of pyridine rings is 1. The van der Waals surface area contributed by atoms with Gasteiger partial charge in [-0.3, -0.25) is 4.79 Å². The Morgan fingerprint density at radius 3 is 2.88 bits per heavy atom. The normalized spacial score (nSPS) is 14.0. The van der Waals surface area contributed by atoms with Gasteiger partial charge in [0.2, 0.25) is 0 Å². The average Bonchev–Trinajstić information content (AvgIpc) is 3.35. The number of hydrogen-bond donors (Lipinski definition) is 1. The minimum atomic E-state index is 0.0278. The highest BCUT2D eigenvalue weighted by atomic mass is 32.2. The molecule has 0 atom stereocenters. The Morgan fingerprint density at radius 1 is 1.21 bits per heavy atom. The number of nitrogens with zero attached hydrogens (tertiary/aromatic N) is 2. The Hall–Kier alpha value is -2.27. The van der Waals surface area contributed by atoms with Crippen molar-refractivity contribution >= 4 is 23.3 Å². The molecule has 1 amide bonds. The number of carbonyl (C=O) groups excluding carboxylic acids is 1. The van der Waals surface area contributed by atoms with E-state index in [0.29, 0.717) is 5.92 Å².